The number of nitro benzene ring substituents is 1. The molecule has 0 radical (unpaired) electrons. The fourth-order valence-electron chi connectivity index (χ4n) is 5.03. The maximum atomic E-state index is 13.5. The van der Waals surface area contributed by atoms with Gasteiger partial charge in [0.2, 0.25) is 11.8 Å². The van der Waals surface area contributed by atoms with E-state index in [2.05, 4.69) is 4.98 Å². The van der Waals surface area contributed by atoms with Gasteiger partial charge in [0.05, 0.1) is 11.0 Å². The zero-order valence-corrected chi connectivity index (χ0v) is 17.9. The van der Waals surface area contributed by atoms with Crippen LogP contribution < -0.4 is 0 Å². The number of benzene rings is 2. The average Bonchev–Trinajstić information content (AvgIpc) is 3.18. The fourth-order valence-corrected chi connectivity index (χ4v) is 5.03. The molecule has 1 N–H and O–H groups in total. The Hall–Kier alpha value is -3.68. The molecule has 0 aliphatic carbocycles. The molecule has 5 rings (SSSR count). The Morgan fingerprint density at radius 1 is 1.19 bits per heavy atom. The Labute approximate surface area is 185 Å². The smallest absolute Gasteiger partial charge is 0.269 e. The van der Waals surface area contributed by atoms with Gasteiger partial charge in [0.15, 0.2) is 0 Å². The lowest BCUT2D eigenvalue weighted by molar-refractivity contribution is -0.384. The molecule has 1 aromatic heterocycles. The van der Waals surface area contributed by atoms with Gasteiger partial charge < -0.3 is 14.8 Å². The third kappa shape index (κ3) is 2.97. The van der Waals surface area contributed by atoms with E-state index in [0.717, 1.165) is 28.6 Å². The van der Waals surface area contributed by atoms with Gasteiger partial charge >= 0.3 is 0 Å². The van der Waals surface area contributed by atoms with Gasteiger partial charge in [-0.2, -0.15) is 0 Å². The topological polar surface area (TPSA) is 99.5 Å². The first-order chi connectivity index (χ1) is 15.4. The number of amides is 2. The number of carbonyl (C=O) groups excluding carboxylic acids is 2. The minimum absolute atomic E-state index is 0.0192. The van der Waals surface area contributed by atoms with Crippen molar-refractivity contribution in [3.63, 3.8) is 0 Å². The highest BCUT2D eigenvalue weighted by Gasteiger charge is 2.49. The molecular formula is C24H24N4O4. The molecule has 2 aliphatic heterocycles. The molecule has 0 spiro atoms. The molecule has 0 saturated carbocycles. The maximum Gasteiger partial charge on any atom is 0.269 e. The number of hydrogen-bond donors (Lipinski definition) is 1. The standard InChI is InChI=1S/C24H24N4O4/c1-3-14(2)26-13-21(29)27-20(24(26)30)12-18-17-9-4-5-10-19(17)25-22(18)23(27)15-7-6-8-16(11-15)28(31)32/h4-11,14,20,23,25H,3,12-13H2,1-2H3/t14-,20-,23-/m1/s1. The summed E-state index contributed by atoms with van der Waals surface area (Å²) in [5.41, 5.74) is 3.31. The number of fused-ring (bicyclic) bond motifs is 4. The normalized spacial score (nSPS) is 21.4. The Morgan fingerprint density at radius 3 is 2.72 bits per heavy atom. The van der Waals surface area contributed by atoms with E-state index in [-0.39, 0.29) is 30.1 Å². The summed E-state index contributed by atoms with van der Waals surface area (Å²) in [7, 11) is 0. The van der Waals surface area contributed by atoms with Crippen LogP contribution in [0.2, 0.25) is 0 Å². The highest BCUT2D eigenvalue weighted by molar-refractivity contribution is 5.97. The summed E-state index contributed by atoms with van der Waals surface area (Å²) >= 11 is 0. The van der Waals surface area contributed by atoms with Gasteiger partial charge in [0.25, 0.3) is 5.69 Å². The second-order valence-electron chi connectivity index (χ2n) is 8.56. The quantitative estimate of drug-likeness (QED) is 0.503. The van der Waals surface area contributed by atoms with Gasteiger partial charge in [-0.3, -0.25) is 19.7 Å². The molecule has 2 aliphatic rings. The van der Waals surface area contributed by atoms with Crippen LogP contribution in [0.5, 0.6) is 0 Å². The first kappa shape index (κ1) is 20.2. The monoisotopic (exact) mass is 432 g/mol. The fraction of sp³-hybridized carbons (Fsp3) is 0.333. The Morgan fingerprint density at radius 2 is 1.97 bits per heavy atom. The Kier molecular flexibility index (Phi) is 4.73. The number of hydrogen-bond acceptors (Lipinski definition) is 4. The van der Waals surface area contributed by atoms with Crippen molar-refractivity contribution in [3.8, 4) is 0 Å². The number of piperazine rings is 1. The van der Waals surface area contributed by atoms with Crippen LogP contribution in [0.3, 0.4) is 0 Å². The number of nitrogens with zero attached hydrogens (tertiary/aromatic N) is 3. The van der Waals surface area contributed by atoms with E-state index >= 15 is 0 Å². The van der Waals surface area contributed by atoms with E-state index in [1.54, 1.807) is 21.9 Å². The van der Waals surface area contributed by atoms with Crippen molar-refractivity contribution in [2.24, 2.45) is 0 Å². The van der Waals surface area contributed by atoms with Crippen molar-refractivity contribution in [3.05, 3.63) is 75.5 Å². The zero-order chi connectivity index (χ0) is 22.6. The summed E-state index contributed by atoms with van der Waals surface area (Å²) in [6.45, 7) is 3.98. The number of aromatic amines is 1. The number of nitrogens with one attached hydrogen (secondary N) is 1. The van der Waals surface area contributed by atoms with Crippen LogP contribution in [-0.4, -0.2) is 50.1 Å². The molecule has 8 heteroatoms. The first-order valence-corrected chi connectivity index (χ1v) is 10.9. The van der Waals surface area contributed by atoms with Crippen molar-refractivity contribution in [2.45, 2.75) is 44.8 Å². The van der Waals surface area contributed by atoms with Crippen LogP contribution >= 0.6 is 0 Å². The van der Waals surface area contributed by atoms with Crippen LogP contribution in [0.4, 0.5) is 5.69 Å². The molecule has 3 aromatic rings. The van der Waals surface area contributed by atoms with Crippen molar-refractivity contribution >= 4 is 28.4 Å². The lowest BCUT2D eigenvalue weighted by Gasteiger charge is -2.48. The van der Waals surface area contributed by atoms with Crippen molar-refractivity contribution in [1.82, 2.24) is 14.8 Å². The van der Waals surface area contributed by atoms with E-state index in [0.29, 0.717) is 12.0 Å². The van der Waals surface area contributed by atoms with Gasteiger partial charge in [-0.05, 0) is 30.5 Å². The average molecular weight is 432 g/mol. The predicted molar refractivity (Wildman–Crippen MR) is 119 cm³/mol. The lowest BCUT2D eigenvalue weighted by Crippen LogP contribution is -2.64. The highest BCUT2D eigenvalue weighted by atomic mass is 16.6. The molecule has 164 valence electrons. The molecule has 1 fully saturated rings. The molecular weight excluding hydrogens is 408 g/mol. The Bertz CT molecular complexity index is 1250. The van der Waals surface area contributed by atoms with E-state index in [1.807, 2.05) is 38.1 Å². The molecule has 0 bridgehead atoms. The van der Waals surface area contributed by atoms with Crippen molar-refractivity contribution in [1.29, 1.82) is 0 Å². The Balaban J connectivity index is 1.71. The summed E-state index contributed by atoms with van der Waals surface area (Å²) in [6, 6.07) is 12.9. The minimum atomic E-state index is -0.638. The number of carbonyl (C=O) groups is 2. The van der Waals surface area contributed by atoms with Gasteiger partial charge in [0, 0.05) is 41.2 Å². The number of para-hydroxylation sites is 1. The van der Waals surface area contributed by atoms with Crippen LogP contribution in [0.25, 0.3) is 10.9 Å². The number of aromatic nitrogens is 1. The lowest BCUT2D eigenvalue weighted by atomic mass is 9.85. The second kappa shape index (κ2) is 7.47. The largest absolute Gasteiger partial charge is 0.356 e. The minimum Gasteiger partial charge on any atom is -0.356 e. The van der Waals surface area contributed by atoms with E-state index in [1.165, 1.54) is 12.1 Å². The van der Waals surface area contributed by atoms with Crippen LogP contribution in [-0.2, 0) is 16.0 Å². The SMILES string of the molecule is CC[C@@H](C)N1CC(=O)N2[C@H](c3cccc([N+](=O)[O-])c3)c3[nH]c4ccccc4c3C[C@@H]2C1=O. The van der Waals surface area contributed by atoms with Crippen molar-refractivity contribution < 1.29 is 14.5 Å². The third-order valence-electron chi connectivity index (χ3n) is 6.81. The maximum absolute atomic E-state index is 13.5. The number of nitro groups is 1. The number of non-ortho nitro benzene ring substituents is 1. The van der Waals surface area contributed by atoms with Crippen LogP contribution in [0.1, 0.15) is 43.1 Å². The van der Waals surface area contributed by atoms with Gasteiger partial charge in [-0.15, -0.1) is 0 Å². The highest BCUT2D eigenvalue weighted by Crippen LogP contribution is 2.43. The molecule has 2 aromatic carbocycles. The second-order valence-corrected chi connectivity index (χ2v) is 8.56. The molecule has 8 nitrogen and oxygen atoms in total. The molecule has 1 saturated heterocycles. The van der Waals surface area contributed by atoms with Gasteiger partial charge in [0.1, 0.15) is 12.6 Å². The summed E-state index contributed by atoms with van der Waals surface area (Å²) < 4.78 is 0. The third-order valence-corrected chi connectivity index (χ3v) is 6.81. The summed E-state index contributed by atoms with van der Waals surface area (Å²) in [5.74, 6) is -0.207. The van der Waals surface area contributed by atoms with Crippen LogP contribution in [0, 0.1) is 10.1 Å². The summed E-state index contributed by atoms with van der Waals surface area (Å²) in [6.07, 6.45) is 1.18. The van der Waals surface area contributed by atoms with E-state index < -0.39 is 17.0 Å². The predicted octanol–water partition coefficient (Wildman–Crippen LogP) is 3.56. The number of rotatable bonds is 4. The zero-order valence-electron chi connectivity index (χ0n) is 17.9. The molecule has 2 amide bonds. The van der Waals surface area contributed by atoms with Gasteiger partial charge in [-0.1, -0.05) is 37.3 Å². The molecule has 3 atom stereocenters. The van der Waals surface area contributed by atoms with Gasteiger partial charge in [-0.25, -0.2) is 0 Å². The summed E-state index contributed by atoms with van der Waals surface area (Å²) in [4.78, 5) is 44.7. The first-order valence-electron chi connectivity index (χ1n) is 10.9. The summed E-state index contributed by atoms with van der Waals surface area (Å²) in [5, 5.41) is 12.4. The molecule has 3 heterocycles. The van der Waals surface area contributed by atoms with E-state index in [4.69, 9.17) is 0 Å². The number of H-pyrrole nitrogens is 1. The van der Waals surface area contributed by atoms with E-state index in [9.17, 15) is 19.7 Å². The van der Waals surface area contributed by atoms with Crippen LogP contribution in [0.15, 0.2) is 48.5 Å². The molecule has 0 unspecified atom stereocenters. The molecule has 32 heavy (non-hydrogen) atoms. The van der Waals surface area contributed by atoms with Crippen molar-refractivity contribution in [2.75, 3.05) is 6.54 Å².